The van der Waals surface area contributed by atoms with Crippen molar-refractivity contribution in [1.29, 1.82) is 5.26 Å². The molecule has 0 aliphatic heterocycles. The largest absolute Gasteiger partial charge is 0.272 e. The van der Waals surface area contributed by atoms with Crippen molar-refractivity contribution in [2.75, 3.05) is 0 Å². The average Bonchev–Trinajstić information content (AvgIpc) is 2.59. The molecule has 1 aliphatic rings. The second-order valence-corrected chi connectivity index (χ2v) is 3.46. The molecular weight excluding hydrogens is 162 g/mol. The Bertz CT molecular complexity index is 346. The minimum absolute atomic E-state index is 0.0871. The predicted octanol–water partition coefficient (Wildman–Crippen LogP) is 1.85. The molecule has 3 heteroatoms. The Morgan fingerprint density at radius 2 is 2.62 bits per heavy atom. The highest BCUT2D eigenvalue weighted by atomic mass is 15.3. The fraction of sp³-hybridized carbons (Fsp3) is 0.600. The van der Waals surface area contributed by atoms with E-state index in [1.54, 1.807) is 0 Å². The van der Waals surface area contributed by atoms with Crippen molar-refractivity contribution in [3.63, 3.8) is 0 Å². The Balaban J connectivity index is 2.39. The summed E-state index contributed by atoms with van der Waals surface area (Å²) < 4.78 is 1.93. The molecule has 0 amide bonds. The third kappa shape index (κ3) is 1.33. The lowest BCUT2D eigenvalue weighted by molar-refractivity contribution is 0.614. The van der Waals surface area contributed by atoms with Gasteiger partial charge in [-0.2, -0.15) is 10.4 Å². The van der Waals surface area contributed by atoms with Crippen LogP contribution < -0.4 is 0 Å². The third-order valence-electron chi connectivity index (χ3n) is 2.63. The van der Waals surface area contributed by atoms with Crippen LogP contribution in [0.5, 0.6) is 0 Å². The fourth-order valence-electron chi connectivity index (χ4n) is 1.89. The standard InChI is InChI=1S/C10H13N3/c1-2-13-7-9-8(6-11)4-3-5-10(9)12-13/h7-8H,2-5H2,1H3. The van der Waals surface area contributed by atoms with Gasteiger partial charge in [0.05, 0.1) is 17.7 Å². The monoisotopic (exact) mass is 175 g/mol. The summed E-state index contributed by atoms with van der Waals surface area (Å²) in [5.74, 6) is 0.0871. The SMILES string of the molecule is CCn1cc2c(n1)CCCC2C#N. The highest BCUT2D eigenvalue weighted by Gasteiger charge is 2.22. The van der Waals surface area contributed by atoms with Gasteiger partial charge in [-0.25, -0.2) is 0 Å². The second kappa shape index (κ2) is 3.21. The first kappa shape index (κ1) is 8.31. The zero-order valence-corrected chi connectivity index (χ0v) is 7.82. The molecule has 0 saturated carbocycles. The number of aromatic nitrogens is 2. The van der Waals surface area contributed by atoms with Crippen LogP contribution in [0.25, 0.3) is 0 Å². The summed E-state index contributed by atoms with van der Waals surface area (Å²) in [5, 5.41) is 13.4. The molecule has 13 heavy (non-hydrogen) atoms. The first-order chi connectivity index (χ1) is 6.35. The summed E-state index contributed by atoms with van der Waals surface area (Å²) in [6.45, 7) is 2.96. The molecular formula is C10H13N3. The molecule has 3 nitrogen and oxygen atoms in total. The second-order valence-electron chi connectivity index (χ2n) is 3.46. The van der Waals surface area contributed by atoms with Gasteiger partial charge < -0.3 is 0 Å². The fourth-order valence-corrected chi connectivity index (χ4v) is 1.89. The number of hydrogen-bond acceptors (Lipinski definition) is 2. The lowest BCUT2D eigenvalue weighted by Gasteiger charge is -2.13. The molecule has 0 bridgehead atoms. The topological polar surface area (TPSA) is 41.6 Å². The Kier molecular flexibility index (Phi) is 2.05. The van der Waals surface area contributed by atoms with E-state index in [-0.39, 0.29) is 5.92 Å². The van der Waals surface area contributed by atoms with Crippen LogP contribution in [-0.4, -0.2) is 9.78 Å². The zero-order valence-electron chi connectivity index (χ0n) is 7.82. The summed E-state index contributed by atoms with van der Waals surface area (Å²) >= 11 is 0. The molecule has 1 unspecified atom stereocenters. The number of aryl methyl sites for hydroxylation is 2. The van der Waals surface area contributed by atoms with E-state index in [0.717, 1.165) is 37.1 Å². The van der Waals surface area contributed by atoms with Crippen LogP contribution in [0.3, 0.4) is 0 Å². The van der Waals surface area contributed by atoms with Crippen LogP contribution in [0, 0.1) is 11.3 Å². The van der Waals surface area contributed by atoms with Gasteiger partial charge in [0.25, 0.3) is 0 Å². The number of rotatable bonds is 1. The van der Waals surface area contributed by atoms with E-state index < -0.39 is 0 Å². The van der Waals surface area contributed by atoms with Crippen LogP contribution in [0.2, 0.25) is 0 Å². The minimum atomic E-state index is 0.0871. The number of nitriles is 1. The van der Waals surface area contributed by atoms with Crippen LogP contribution >= 0.6 is 0 Å². The minimum Gasteiger partial charge on any atom is -0.272 e. The highest BCUT2D eigenvalue weighted by molar-refractivity contribution is 5.29. The van der Waals surface area contributed by atoms with Gasteiger partial charge in [0, 0.05) is 18.3 Å². The molecule has 1 aromatic heterocycles. The van der Waals surface area contributed by atoms with Crippen LogP contribution in [0.15, 0.2) is 6.20 Å². The normalized spacial score (nSPS) is 20.8. The molecule has 0 radical (unpaired) electrons. The molecule has 68 valence electrons. The summed E-state index contributed by atoms with van der Waals surface area (Å²) in [4.78, 5) is 0. The molecule has 0 fully saturated rings. The van der Waals surface area contributed by atoms with Gasteiger partial charge in [-0.3, -0.25) is 4.68 Å². The molecule has 1 aromatic rings. The smallest absolute Gasteiger partial charge is 0.0746 e. The van der Waals surface area contributed by atoms with Gasteiger partial charge in [-0.05, 0) is 26.2 Å². The van der Waals surface area contributed by atoms with Gasteiger partial charge in [-0.1, -0.05) is 0 Å². The van der Waals surface area contributed by atoms with Crippen molar-refractivity contribution in [3.8, 4) is 6.07 Å². The molecule has 0 aromatic carbocycles. The van der Waals surface area contributed by atoms with Crippen LogP contribution in [0.4, 0.5) is 0 Å². The quantitative estimate of drug-likeness (QED) is 0.653. The van der Waals surface area contributed by atoms with Crippen molar-refractivity contribution in [1.82, 2.24) is 9.78 Å². The van der Waals surface area contributed by atoms with Crippen molar-refractivity contribution in [2.45, 2.75) is 38.6 Å². The van der Waals surface area contributed by atoms with E-state index in [1.807, 2.05) is 10.9 Å². The Hall–Kier alpha value is -1.30. The Morgan fingerprint density at radius 3 is 3.31 bits per heavy atom. The van der Waals surface area contributed by atoms with Crippen molar-refractivity contribution >= 4 is 0 Å². The molecule has 0 N–H and O–H groups in total. The maximum absolute atomic E-state index is 8.93. The van der Waals surface area contributed by atoms with E-state index >= 15 is 0 Å². The van der Waals surface area contributed by atoms with Gasteiger partial charge in [0.2, 0.25) is 0 Å². The highest BCUT2D eigenvalue weighted by Crippen LogP contribution is 2.29. The zero-order chi connectivity index (χ0) is 9.26. The Labute approximate surface area is 78.0 Å². The maximum atomic E-state index is 8.93. The molecule has 1 aliphatic carbocycles. The van der Waals surface area contributed by atoms with E-state index in [2.05, 4.69) is 18.1 Å². The molecule has 1 heterocycles. The maximum Gasteiger partial charge on any atom is 0.0746 e. The average molecular weight is 175 g/mol. The Morgan fingerprint density at radius 1 is 1.77 bits per heavy atom. The lowest BCUT2D eigenvalue weighted by Crippen LogP contribution is -2.06. The van der Waals surface area contributed by atoms with Crippen molar-refractivity contribution in [3.05, 3.63) is 17.5 Å². The van der Waals surface area contributed by atoms with Gasteiger partial charge in [0.15, 0.2) is 0 Å². The summed E-state index contributed by atoms with van der Waals surface area (Å²) in [5.41, 5.74) is 2.30. The van der Waals surface area contributed by atoms with Crippen LogP contribution in [-0.2, 0) is 13.0 Å². The van der Waals surface area contributed by atoms with E-state index in [0.29, 0.717) is 0 Å². The van der Waals surface area contributed by atoms with Gasteiger partial charge in [-0.15, -0.1) is 0 Å². The first-order valence-corrected chi connectivity index (χ1v) is 4.81. The summed E-state index contributed by atoms with van der Waals surface area (Å²) in [6, 6.07) is 2.34. The number of nitrogens with zero attached hydrogens (tertiary/aromatic N) is 3. The molecule has 0 saturated heterocycles. The lowest BCUT2D eigenvalue weighted by atomic mass is 9.88. The summed E-state index contributed by atoms with van der Waals surface area (Å²) in [6.07, 6.45) is 5.17. The van der Waals surface area contributed by atoms with Gasteiger partial charge >= 0.3 is 0 Å². The first-order valence-electron chi connectivity index (χ1n) is 4.81. The third-order valence-corrected chi connectivity index (χ3v) is 2.63. The van der Waals surface area contributed by atoms with Crippen molar-refractivity contribution < 1.29 is 0 Å². The number of fused-ring (bicyclic) bond motifs is 1. The van der Waals surface area contributed by atoms with Crippen LogP contribution in [0.1, 0.15) is 36.9 Å². The molecule has 2 rings (SSSR count). The van der Waals surface area contributed by atoms with E-state index in [9.17, 15) is 0 Å². The van der Waals surface area contributed by atoms with Crippen molar-refractivity contribution in [2.24, 2.45) is 0 Å². The molecule has 0 spiro atoms. The molecule has 1 atom stereocenters. The summed E-state index contributed by atoms with van der Waals surface area (Å²) in [7, 11) is 0. The van der Waals surface area contributed by atoms with Gasteiger partial charge in [0.1, 0.15) is 0 Å². The van der Waals surface area contributed by atoms with E-state index in [4.69, 9.17) is 5.26 Å². The number of hydrogen-bond donors (Lipinski definition) is 0. The van der Waals surface area contributed by atoms with E-state index in [1.165, 1.54) is 0 Å². The predicted molar refractivity (Wildman–Crippen MR) is 49.2 cm³/mol.